The second-order valence-electron chi connectivity index (χ2n) is 7.07. The quantitative estimate of drug-likeness (QED) is 0.371. The van der Waals surface area contributed by atoms with Crippen molar-refractivity contribution in [3.05, 3.63) is 77.4 Å². The molecule has 0 saturated heterocycles. The number of alkyl halides is 3. The highest BCUT2D eigenvalue weighted by Gasteiger charge is 2.29. The van der Waals surface area contributed by atoms with Crippen molar-refractivity contribution in [3.63, 3.8) is 0 Å². The summed E-state index contributed by atoms with van der Waals surface area (Å²) >= 11 is 0. The van der Waals surface area contributed by atoms with Gasteiger partial charge in [-0.3, -0.25) is 0 Å². The van der Waals surface area contributed by atoms with E-state index in [1.54, 1.807) is 6.07 Å². The van der Waals surface area contributed by atoms with Gasteiger partial charge in [0.05, 0.1) is 34.9 Å². The van der Waals surface area contributed by atoms with Crippen molar-refractivity contribution in [3.8, 4) is 0 Å². The molecule has 0 radical (unpaired) electrons. The number of aliphatic hydroxyl groups excluding tert-OH is 1. The first-order valence-corrected chi connectivity index (χ1v) is 9.83. The number of nitrogens with one attached hydrogen (secondary N) is 1. The van der Waals surface area contributed by atoms with Gasteiger partial charge in [0.1, 0.15) is 0 Å². The highest BCUT2D eigenvalue weighted by Crippen LogP contribution is 2.33. The molecule has 0 atom stereocenters. The van der Waals surface area contributed by atoms with E-state index in [4.69, 9.17) is 5.11 Å². The molecule has 0 unspecified atom stereocenters. The highest BCUT2D eigenvalue weighted by atomic mass is 19.4. The van der Waals surface area contributed by atoms with E-state index in [-0.39, 0.29) is 6.61 Å². The van der Waals surface area contributed by atoms with E-state index in [1.165, 1.54) is 12.1 Å². The summed E-state index contributed by atoms with van der Waals surface area (Å²) in [5, 5.41) is 28.7. The number of aliphatic hydroxyl groups is 1. The van der Waals surface area contributed by atoms with Gasteiger partial charge in [0, 0.05) is 12.2 Å². The zero-order valence-electron chi connectivity index (χ0n) is 17.6. The summed E-state index contributed by atoms with van der Waals surface area (Å²) < 4.78 is 38.0. The lowest BCUT2D eigenvalue weighted by molar-refractivity contribution is -0.137. The first kappa shape index (κ1) is 23.1. The number of anilines is 1. The lowest BCUT2D eigenvalue weighted by Gasteiger charge is -2.06. The van der Waals surface area contributed by atoms with Gasteiger partial charge in [-0.15, -0.1) is 0 Å². The van der Waals surface area contributed by atoms with Gasteiger partial charge >= 0.3 is 6.18 Å². The van der Waals surface area contributed by atoms with Gasteiger partial charge in [0.2, 0.25) is 0 Å². The smallest absolute Gasteiger partial charge is 0.395 e. The normalized spacial score (nSPS) is 12.1. The molecule has 3 aromatic carbocycles. The summed E-state index contributed by atoms with van der Waals surface area (Å²) in [6, 6.07) is 15.5. The fraction of sp³-hybridized carbons (Fsp3) is 0.217. The SMILES string of the molecule is Cc1cc(N=Nc2ccc(C(F)(F)F)cc2)c(C)cc1N=Nc1ccc(NCCO)cc1. The number of halogens is 3. The standard InChI is InChI=1S/C23H22F3N5O/c1-15-14-22(31-29-20-9-7-18(8-10-20)27-11-12-32)16(2)13-21(15)30-28-19-5-3-17(4-6-19)23(24,25)26/h3-10,13-14,27,32H,11-12H2,1-2H3. The van der Waals surface area contributed by atoms with E-state index >= 15 is 0 Å². The predicted octanol–water partition coefficient (Wildman–Crippen LogP) is 7.56. The maximum atomic E-state index is 12.7. The van der Waals surface area contributed by atoms with Crippen LogP contribution in [0.4, 0.5) is 41.6 Å². The van der Waals surface area contributed by atoms with Crippen LogP contribution in [0.2, 0.25) is 0 Å². The lowest BCUT2D eigenvalue weighted by atomic mass is 10.1. The third-order valence-electron chi connectivity index (χ3n) is 4.56. The summed E-state index contributed by atoms with van der Waals surface area (Å²) in [7, 11) is 0. The molecule has 2 N–H and O–H groups in total. The summed E-state index contributed by atoms with van der Waals surface area (Å²) in [6.45, 7) is 4.25. The summed E-state index contributed by atoms with van der Waals surface area (Å²) in [4.78, 5) is 0. The van der Waals surface area contributed by atoms with Crippen LogP contribution in [0.3, 0.4) is 0 Å². The first-order chi connectivity index (χ1) is 15.3. The van der Waals surface area contributed by atoms with Crippen LogP contribution < -0.4 is 5.32 Å². The zero-order chi connectivity index (χ0) is 23.1. The van der Waals surface area contributed by atoms with Crippen molar-refractivity contribution < 1.29 is 18.3 Å². The maximum absolute atomic E-state index is 12.7. The minimum atomic E-state index is -4.38. The molecule has 9 heteroatoms. The monoisotopic (exact) mass is 441 g/mol. The molecule has 0 saturated carbocycles. The van der Waals surface area contributed by atoms with Crippen molar-refractivity contribution in [1.29, 1.82) is 0 Å². The average Bonchev–Trinajstić information content (AvgIpc) is 2.77. The minimum absolute atomic E-state index is 0.0555. The van der Waals surface area contributed by atoms with Crippen LogP contribution in [0.5, 0.6) is 0 Å². The average molecular weight is 441 g/mol. The first-order valence-electron chi connectivity index (χ1n) is 9.83. The summed E-state index contributed by atoms with van der Waals surface area (Å²) in [5.74, 6) is 0. The maximum Gasteiger partial charge on any atom is 0.416 e. The molecule has 0 amide bonds. The van der Waals surface area contributed by atoms with Crippen molar-refractivity contribution in [2.24, 2.45) is 20.5 Å². The van der Waals surface area contributed by atoms with Crippen LogP contribution in [0, 0.1) is 13.8 Å². The number of rotatable bonds is 7. The van der Waals surface area contributed by atoms with Gasteiger partial charge < -0.3 is 10.4 Å². The fourth-order valence-corrected chi connectivity index (χ4v) is 2.79. The molecule has 0 aromatic heterocycles. The number of aryl methyl sites for hydroxylation is 2. The third-order valence-corrected chi connectivity index (χ3v) is 4.56. The van der Waals surface area contributed by atoms with E-state index in [1.807, 2.05) is 44.2 Å². The number of nitrogens with zero attached hydrogens (tertiary/aromatic N) is 4. The Morgan fingerprint density at radius 3 is 1.66 bits per heavy atom. The van der Waals surface area contributed by atoms with Gasteiger partial charge in [0.15, 0.2) is 0 Å². The molecular weight excluding hydrogens is 419 g/mol. The van der Waals surface area contributed by atoms with E-state index in [0.717, 1.165) is 28.9 Å². The van der Waals surface area contributed by atoms with Gasteiger partial charge in [-0.05, 0) is 85.6 Å². The molecule has 0 heterocycles. The van der Waals surface area contributed by atoms with Gasteiger partial charge in [-0.1, -0.05) is 0 Å². The second kappa shape index (κ2) is 10.1. The lowest BCUT2D eigenvalue weighted by Crippen LogP contribution is -2.04. The Labute approximate surface area is 183 Å². The van der Waals surface area contributed by atoms with Crippen molar-refractivity contribution >= 4 is 28.4 Å². The number of hydrogen-bond acceptors (Lipinski definition) is 6. The molecule has 0 spiro atoms. The number of hydrogen-bond donors (Lipinski definition) is 2. The van der Waals surface area contributed by atoms with Crippen LogP contribution in [0.1, 0.15) is 16.7 Å². The van der Waals surface area contributed by atoms with E-state index in [2.05, 4.69) is 25.8 Å². The van der Waals surface area contributed by atoms with E-state index < -0.39 is 11.7 Å². The molecule has 166 valence electrons. The van der Waals surface area contributed by atoms with Gasteiger partial charge in [0.25, 0.3) is 0 Å². The minimum Gasteiger partial charge on any atom is -0.395 e. The topological polar surface area (TPSA) is 81.7 Å². The van der Waals surface area contributed by atoms with Crippen molar-refractivity contribution in [1.82, 2.24) is 0 Å². The molecule has 0 fully saturated rings. The van der Waals surface area contributed by atoms with Crippen LogP contribution in [-0.4, -0.2) is 18.3 Å². The summed E-state index contributed by atoms with van der Waals surface area (Å²) in [5.41, 5.74) is 4.09. The summed E-state index contributed by atoms with van der Waals surface area (Å²) in [6.07, 6.45) is -4.38. The Morgan fingerprint density at radius 2 is 1.22 bits per heavy atom. The predicted molar refractivity (Wildman–Crippen MR) is 118 cm³/mol. The van der Waals surface area contributed by atoms with E-state index in [0.29, 0.717) is 29.3 Å². The Kier molecular flexibility index (Phi) is 7.32. The van der Waals surface area contributed by atoms with Gasteiger partial charge in [-0.25, -0.2) is 0 Å². The molecule has 6 nitrogen and oxygen atoms in total. The number of benzene rings is 3. The van der Waals surface area contributed by atoms with Crippen LogP contribution in [-0.2, 0) is 6.18 Å². The molecule has 3 rings (SSSR count). The van der Waals surface area contributed by atoms with Crippen LogP contribution in [0.25, 0.3) is 0 Å². The highest BCUT2D eigenvalue weighted by molar-refractivity contribution is 5.59. The molecule has 3 aromatic rings. The van der Waals surface area contributed by atoms with Gasteiger partial charge in [-0.2, -0.15) is 33.6 Å². The van der Waals surface area contributed by atoms with Crippen molar-refractivity contribution in [2.45, 2.75) is 20.0 Å². The second-order valence-corrected chi connectivity index (χ2v) is 7.07. The molecule has 0 aliphatic rings. The largest absolute Gasteiger partial charge is 0.416 e. The number of azo groups is 2. The zero-order valence-corrected chi connectivity index (χ0v) is 17.6. The van der Waals surface area contributed by atoms with Crippen LogP contribution >= 0.6 is 0 Å². The molecule has 0 bridgehead atoms. The Balaban J connectivity index is 1.72. The van der Waals surface area contributed by atoms with Crippen molar-refractivity contribution in [2.75, 3.05) is 18.5 Å². The Hall–Kier alpha value is -3.59. The van der Waals surface area contributed by atoms with E-state index in [9.17, 15) is 13.2 Å². The third kappa shape index (κ3) is 6.21. The van der Waals surface area contributed by atoms with Crippen LogP contribution in [0.15, 0.2) is 81.1 Å². The Bertz CT molecular complexity index is 1110. The molecule has 0 aliphatic carbocycles. The fourth-order valence-electron chi connectivity index (χ4n) is 2.79. The molecule has 32 heavy (non-hydrogen) atoms. The molecule has 0 aliphatic heterocycles. The Morgan fingerprint density at radius 1 is 0.750 bits per heavy atom. The molecular formula is C23H22F3N5O.